The lowest BCUT2D eigenvalue weighted by molar-refractivity contribution is -0.384. The number of ketones is 1. The summed E-state index contributed by atoms with van der Waals surface area (Å²) < 4.78 is 1.73. The maximum Gasteiger partial charge on any atom is 0.281 e. The molecule has 0 unspecified atom stereocenters. The van der Waals surface area contributed by atoms with Crippen molar-refractivity contribution in [2.75, 3.05) is 0 Å². The summed E-state index contributed by atoms with van der Waals surface area (Å²) in [5.74, 6) is 0.377. The summed E-state index contributed by atoms with van der Waals surface area (Å²) in [6, 6.07) is 15.8. The van der Waals surface area contributed by atoms with Gasteiger partial charge in [-0.1, -0.05) is 35.9 Å². The summed E-state index contributed by atoms with van der Waals surface area (Å²) in [5, 5.41) is 11.7. The van der Waals surface area contributed by atoms with Gasteiger partial charge in [0.05, 0.1) is 21.0 Å². The zero-order valence-corrected chi connectivity index (χ0v) is 18.1. The van der Waals surface area contributed by atoms with Crippen LogP contribution in [-0.4, -0.2) is 20.3 Å². The van der Waals surface area contributed by atoms with Crippen LogP contribution in [0.3, 0.4) is 0 Å². The molecule has 4 rings (SSSR count). The van der Waals surface area contributed by atoms with Gasteiger partial charge >= 0.3 is 0 Å². The molecule has 0 fully saturated rings. The number of carbonyl (C=O) groups is 1. The third-order valence-electron chi connectivity index (χ3n) is 5.55. The van der Waals surface area contributed by atoms with Crippen LogP contribution in [0.5, 0.6) is 0 Å². The van der Waals surface area contributed by atoms with E-state index in [0.29, 0.717) is 28.8 Å². The number of nitrogens with zero attached hydrogens (tertiary/aromatic N) is 3. The number of carbonyl (C=O) groups excluding carboxylic acids is 1. The Morgan fingerprint density at radius 3 is 2.58 bits per heavy atom. The zero-order valence-electron chi connectivity index (χ0n) is 17.3. The first-order valence-electron chi connectivity index (χ1n) is 9.75. The molecule has 4 aromatic rings. The first kappa shape index (κ1) is 20.8. The fourth-order valence-corrected chi connectivity index (χ4v) is 3.93. The summed E-state index contributed by atoms with van der Waals surface area (Å²) in [4.78, 5) is 28.5. The second-order valence-corrected chi connectivity index (χ2v) is 8.01. The van der Waals surface area contributed by atoms with E-state index in [9.17, 15) is 14.9 Å². The van der Waals surface area contributed by atoms with Crippen LogP contribution in [0.25, 0.3) is 22.4 Å². The molecule has 0 N–H and O–H groups in total. The van der Waals surface area contributed by atoms with Gasteiger partial charge in [-0.25, -0.2) is 4.98 Å². The van der Waals surface area contributed by atoms with Gasteiger partial charge in [0.25, 0.3) is 5.69 Å². The largest absolute Gasteiger partial charge is 0.327 e. The molecule has 3 aromatic carbocycles. The lowest BCUT2D eigenvalue weighted by atomic mass is 9.99. The number of benzene rings is 3. The minimum absolute atomic E-state index is 0.00312. The van der Waals surface area contributed by atoms with Crippen molar-refractivity contribution in [2.45, 2.75) is 20.3 Å². The maximum absolute atomic E-state index is 12.9. The molecule has 0 atom stereocenters. The van der Waals surface area contributed by atoms with E-state index in [0.717, 1.165) is 11.1 Å². The number of aromatic nitrogens is 2. The average molecular weight is 434 g/mol. The van der Waals surface area contributed by atoms with Crippen molar-refractivity contribution in [1.29, 1.82) is 0 Å². The van der Waals surface area contributed by atoms with Crippen molar-refractivity contribution < 1.29 is 9.72 Å². The molecular weight excluding hydrogens is 414 g/mol. The number of halogens is 1. The monoisotopic (exact) mass is 433 g/mol. The van der Waals surface area contributed by atoms with Gasteiger partial charge in [-0.15, -0.1) is 0 Å². The smallest absolute Gasteiger partial charge is 0.281 e. The third kappa shape index (κ3) is 3.82. The molecule has 0 spiro atoms. The van der Waals surface area contributed by atoms with E-state index in [4.69, 9.17) is 11.6 Å². The van der Waals surface area contributed by atoms with Crippen molar-refractivity contribution in [3.05, 3.63) is 92.0 Å². The van der Waals surface area contributed by atoms with Gasteiger partial charge in [0.1, 0.15) is 11.4 Å². The standard InChI is InChI=1S/C24H20ClN3O3/c1-14-7-8-16(11-15(14)2)12-22(29)17-9-10-19-21(13-17)27(3)24(26-19)23-18(25)5-4-6-20(23)28(30)31/h4-11,13H,12H2,1-3H3. The van der Waals surface area contributed by atoms with Crippen molar-refractivity contribution in [1.82, 2.24) is 9.55 Å². The summed E-state index contributed by atoms with van der Waals surface area (Å²) in [6.07, 6.45) is 0.299. The Bertz CT molecular complexity index is 1360. The Hall–Kier alpha value is -3.51. The van der Waals surface area contributed by atoms with Gasteiger partial charge in [-0.05, 0) is 54.8 Å². The predicted molar refractivity (Wildman–Crippen MR) is 122 cm³/mol. The first-order valence-corrected chi connectivity index (χ1v) is 10.1. The van der Waals surface area contributed by atoms with E-state index >= 15 is 0 Å². The molecule has 1 aromatic heterocycles. The number of nitro groups is 1. The van der Waals surface area contributed by atoms with E-state index in [1.165, 1.54) is 17.7 Å². The van der Waals surface area contributed by atoms with E-state index < -0.39 is 4.92 Å². The highest BCUT2D eigenvalue weighted by molar-refractivity contribution is 6.33. The molecule has 0 saturated heterocycles. The number of nitro benzene ring substituents is 1. The molecule has 0 aliphatic carbocycles. The molecule has 6 nitrogen and oxygen atoms in total. The van der Waals surface area contributed by atoms with Crippen LogP contribution in [0.4, 0.5) is 5.69 Å². The molecule has 156 valence electrons. The van der Waals surface area contributed by atoms with Gasteiger partial charge in [-0.3, -0.25) is 14.9 Å². The molecule has 1 heterocycles. The highest BCUT2D eigenvalue weighted by Crippen LogP contribution is 2.37. The fraction of sp³-hybridized carbons (Fsp3) is 0.167. The number of imidazole rings is 1. The lowest BCUT2D eigenvalue weighted by Gasteiger charge is -2.07. The average Bonchev–Trinajstić information content (AvgIpc) is 3.06. The van der Waals surface area contributed by atoms with Crippen LogP contribution in [0.2, 0.25) is 5.02 Å². The van der Waals surface area contributed by atoms with E-state index in [-0.39, 0.29) is 22.1 Å². The molecule has 0 amide bonds. The van der Waals surface area contributed by atoms with Crippen LogP contribution in [0, 0.1) is 24.0 Å². The minimum atomic E-state index is -0.473. The van der Waals surface area contributed by atoms with Crippen molar-refractivity contribution in [2.24, 2.45) is 7.05 Å². The quantitative estimate of drug-likeness (QED) is 0.225. The SMILES string of the molecule is Cc1ccc(CC(=O)c2ccc3nc(-c4c(Cl)cccc4[N+](=O)[O-])n(C)c3c2)cc1C. The zero-order chi connectivity index (χ0) is 22.3. The molecule has 0 bridgehead atoms. The molecule has 0 radical (unpaired) electrons. The first-order chi connectivity index (χ1) is 14.8. The number of fused-ring (bicyclic) bond motifs is 1. The van der Waals surface area contributed by atoms with Gasteiger partial charge < -0.3 is 4.57 Å². The number of hydrogen-bond acceptors (Lipinski definition) is 4. The van der Waals surface area contributed by atoms with E-state index in [1.807, 2.05) is 32.0 Å². The fourth-order valence-electron chi connectivity index (χ4n) is 3.67. The summed E-state index contributed by atoms with van der Waals surface area (Å²) in [5.41, 5.74) is 5.35. The van der Waals surface area contributed by atoms with Gasteiger partial charge in [-0.2, -0.15) is 0 Å². The van der Waals surface area contributed by atoms with Crippen LogP contribution in [-0.2, 0) is 13.5 Å². The molecule has 0 aliphatic rings. The number of aryl methyl sites for hydroxylation is 3. The Balaban J connectivity index is 1.75. The second-order valence-electron chi connectivity index (χ2n) is 7.61. The van der Waals surface area contributed by atoms with Crippen LogP contribution in [0.1, 0.15) is 27.0 Å². The third-order valence-corrected chi connectivity index (χ3v) is 5.87. The van der Waals surface area contributed by atoms with Gasteiger partial charge in [0.15, 0.2) is 5.78 Å². The molecule has 31 heavy (non-hydrogen) atoms. The predicted octanol–water partition coefficient (Wildman–Crippen LogP) is 5.84. The van der Waals surface area contributed by atoms with Crippen LogP contribution < -0.4 is 0 Å². The highest BCUT2D eigenvalue weighted by atomic mass is 35.5. The molecule has 0 aliphatic heterocycles. The van der Waals surface area contributed by atoms with Gasteiger partial charge in [0, 0.05) is 25.1 Å². The Labute approximate surface area is 184 Å². The summed E-state index contributed by atoms with van der Waals surface area (Å²) in [7, 11) is 1.76. The molecule has 0 saturated carbocycles. The topological polar surface area (TPSA) is 78.0 Å². The number of rotatable bonds is 5. The highest BCUT2D eigenvalue weighted by Gasteiger charge is 2.23. The Kier molecular flexibility index (Phi) is 5.33. The number of hydrogen-bond donors (Lipinski definition) is 0. The Morgan fingerprint density at radius 1 is 1.10 bits per heavy atom. The minimum Gasteiger partial charge on any atom is -0.327 e. The van der Waals surface area contributed by atoms with Gasteiger partial charge in [0.2, 0.25) is 0 Å². The summed E-state index contributed by atoms with van der Waals surface area (Å²) in [6.45, 7) is 4.07. The molecular formula is C24H20ClN3O3. The summed E-state index contributed by atoms with van der Waals surface area (Å²) >= 11 is 6.29. The maximum atomic E-state index is 12.9. The van der Waals surface area contributed by atoms with Crippen LogP contribution >= 0.6 is 11.6 Å². The van der Waals surface area contributed by atoms with E-state index in [1.54, 1.807) is 35.9 Å². The van der Waals surface area contributed by atoms with Crippen molar-refractivity contribution in [3.63, 3.8) is 0 Å². The van der Waals surface area contributed by atoms with Crippen molar-refractivity contribution in [3.8, 4) is 11.4 Å². The Morgan fingerprint density at radius 2 is 1.87 bits per heavy atom. The second kappa shape index (κ2) is 7.96. The normalized spacial score (nSPS) is 11.1. The van der Waals surface area contributed by atoms with Crippen LogP contribution in [0.15, 0.2) is 54.6 Å². The van der Waals surface area contributed by atoms with Crippen molar-refractivity contribution >= 4 is 34.1 Å². The van der Waals surface area contributed by atoms with E-state index in [2.05, 4.69) is 4.98 Å². The lowest BCUT2D eigenvalue weighted by Crippen LogP contribution is -2.04. The molecule has 7 heteroatoms. The number of Topliss-reactive ketones (excluding diaryl/α,β-unsaturated/α-hetero) is 1.